The number of nitrogens with zero attached hydrogens (tertiary/aromatic N) is 2. The zero-order chi connectivity index (χ0) is 13.1. The Hall–Kier alpha value is -1.68. The maximum atomic E-state index is 8.36. The van der Waals surface area contributed by atoms with Crippen molar-refractivity contribution in [1.82, 2.24) is 0 Å². The Labute approximate surface area is 91.1 Å². The van der Waals surface area contributed by atoms with Crippen LogP contribution in [-0.4, -0.2) is 32.7 Å². The van der Waals surface area contributed by atoms with E-state index in [1.165, 1.54) is 12.8 Å². The smallest absolute Gasteiger partial charge is 0.291 e. The van der Waals surface area contributed by atoms with Gasteiger partial charge in [0.1, 0.15) is 0 Å². The average Bonchev–Trinajstić information content (AvgIpc) is 2.08. The summed E-state index contributed by atoms with van der Waals surface area (Å²) >= 11 is 0. The molecule has 0 spiro atoms. The van der Waals surface area contributed by atoms with Gasteiger partial charge in [-0.25, -0.2) is 0 Å². The zero-order valence-electron chi connectivity index (χ0n) is 8.56. The van der Waals surface area contributed by atoms with Crippen LogP contribution in [0, 0.1) is 20.2 Å². The zero-order valence-corrected chi connectivity index (χ0v) is 8.56. The summed E-state index contributed by atoms with van der Waals surface area (Å²) in [6, 6.07) is 0.562. The topological polar surface area (TPSA) is 179 Å². The van der Waals surface area contributed by atoms with Crippen LogP contribution in [0.1, 0.15) is 25.7 Å². The van der Waals surface area contributed by atoms with Crippen LogP contribution in [0.25, 0.3) is 0 Å². The van der Waals surface area contributed by atoms with Gasteiger partial charge in [-0.15, -0.1) is 20.2 Å². The molecule has 96 valence electrons. The van der Waals surface area contributed by atoms with E-state index in [-0.39, 0.29) is 12.1 Å². The summed E-state index contributed by atoms with van der Waals surface area (Å²) in [5.74, 6) is 0. The Balaban J connectivity index is 0. The van der Waals surface area contributed by atoms with Crippen LogP contribution < -0.4 is 11.5 Å². The molecule has 6 N–H and O–H groups in total. The van der Waals surface area contributed by atoms with Crippen LogP contribution in [-0.2, 0) is 0 Å². The molecule has 1 fully saturated rings. The Morgan fingerprint density at radius 1 is 0.938 bits per heavy atom. The third kappa shape index (κ3) is 18.2. The molecule has 0 unspecified atom stereocenters. The fraction of sp³-hybridized carbons (Fsp3) is 1.00. The second-order valence-corrected chi connectivity index (χ2v) is 3.09. The van der Waals surface area contributed by atoms with Gasteiger partial charge in [0.2, 0.25) is 0 Å². The lowest BCUT2D eigenvalue weighted by Crippen LogP contribution is -2.43. The van der Waals surface area contributed by atoms with Crippen molar-refractivity contribution in [3.63, 3.8) is 0 Å². The van der Waals surface area contributed by atoms with Crippen molar-refractivity contribution in [1.29, 1.82) is 0 Å². The summed E-state index contributed by atoms with van der Waals surface area (Å²) in [5.41, 5.74) is 11.3. The van der Waals surface area contributed by atoms with Gasteiger partial charge >= 0.3 is 0 Å². The molecule has 0 saturated heterocycles. The molecule has 0 heterocycles. The first kappa shape index (κ1) is 16.7. The molecule has 0 amide bonds. The highest BCUT2D eigenvalue weighted by Crippen LogP contribution is 2.14. The fourth-order valence-corrected chi connectivity index (χ4v) is 1.19. The summed E-state index contributed by atoms with van der Waals surface area (Å²) < 4.78 is 0. The molecule has 0 aromatic heterocycles. The minimum absolute atomic E-state index is 0.281. The molecule has 10 heteroatoms. The maximum absolute atomic E-state index is 8.36. The first-order valence-electron chi connectivity index (χ1n) is 4.45. The lowest BCUT2D eigenvalue weighted by atomic mass is 9.92. The monoisotopic (exact) mass is 240 g/mol. The number of hydrogen-bond acceptors (Lipinski definition) is 6. The molecule has 0 aromatic rings. The van der Waals surface area contributed by atoms with Crippen molar-refractivity contribution in [2.45, 2.75) is 37.8 Å². The lowest BCUT2D eigenvalue weighted by molar-refractivity contribution is -0.742. The van der Waals surface area contributed by atoms with Crippen molar-refractivity contribution < 1.29 is 20.6 Å². The van der Waals surface area contributed by atoms with Crippen molar-refractivity contribution >= 4 is 0 Å². The second kappa shape index (κ2) is 9.86. The van der Waals surface area contributed by atoms with Gasteiger partial charge in [-0.2, -0.15) is 0 Å². The molecule has 1 aliphatic rings. The largest absolute Gasteiger partial charge is 0.328 e. The van der Waals surface area contributed by atoms with E-state index in [0.717, 1.165) is 12.8 Å². The Bertz CT molecular complexity index is 183. The summed E-state index contributed by atoms with van der Waals surface area (Å²) in [5, 5.41) is 27.3. The molecule has 0 bridgehead atoms. The number of rotatable bonds is 0. The highest BCUT2D eigenvalue weighted by Gasteiger charge is 2.16. The SMILES string of the molecule is N[C@H]1CCCC[C@@H]1N.O=[N+]([O-])O.O=[N+]([O-])O. The molecular weight excluding hydrogens is 224 g/mol. The van der Waals surface area contributed by atoms with Gasteiger partial charge in [-0.1, -0.05) is 12.8 Å². The quantitative estimate of drug-likeness (QED) is 0.323. The molecule has 1 saturated carbocycles. The van der Waals surface area contributed by atoms with E-state index in [1.807, 2.05) is 0 Å². The molecule has 2 atom stereocenters. The van der Waals surface area contributed by atoms with E-state index in [2.05, 4.69) is 0 Å². The molecule has 0 radical (unpaired) electrons. The van der Waals surface area contributed by atoms with E-state index < -0.39 is 10.2 Å². The summed E-state index contributed by atoms with van der Waals surface area (Å²) in [4.78, 5) is 16.7. The first-order chi connectivity index (χ1) is 7.27. The van der Waals surface area contributed by atoms with Crippen molar-refractivity contribution in [3.05, 3.63) is 20.2 Å². The van der Waals surface area contributed by atoms with Crippen molar-refractivity contribution in [3.8, 4) is 0 Å². The molecule has 1 rings (SSSR count). The Morgan fingerprint density at radius 2 is 1.12 bits per heavy atom. The summed E-state index contributed by atoms with van der Waals surface area (Å²) in [7, 11) is 0. The minimum Gasteiger partial charge on any atom is -0.328 e. The molecular formula is C6H16N4O6. The maximum Gasteiger partial charge on any atom is 0.291 e. The van der Waals surface area contributed by atoms with Crippen molar-refractivity contribution in [2.75, 3.05) is 0 Å². The fourth-order valence-electron chi connectivity index (χ4n) is 1.19. The van der Waals surface area contributed by atoms with Gasteiger partial charge < -0.3 is 21.9 Å². The van der Waals surface area contributed by atoms with Crippen LogP contribution in [0.5, 0.6) is 0 Å². The van der Waals surface area contributed by atoms with Gasteiger partial charge in [0, 0.05) is 12.1 Å². The van der Waals surface area contributed by atoms with Gasteiger partial charge in [-0.3, -0.25) is 0 Å². The van der Waals surface area contributed by atoms with Crippen LogP contribution in [0.4, 0.5) is 0 Å². The van der Waals surface area contributed by atoms with E-state index in [9.17, 15) is 0 Å². The second-order valence-electron chi connectivity index (χ2n) is 3.09. The van der Waals surface area contributed by atoms with E-state index in [4.69, 9.17) is 42.1 Å². The van der Waals surface area contributed by atoms with E-state index in [1.54, 1.807) is 0 Å². The van der Waals surface area contributed by atoms with Crippen LogP contribution in [0.15, 0.2) is 0 Å². The highest BCUT2D eigenvalue weighted by molar-refractivity contribution is 4.79. The van der Waals surface area contributed by atoms with Gasteiger partial charge in [0.25, 0.3) is 10.2 Å². The predicted octanol–water partition coefficient (Wildman–Crippen LogP) is -0.480. The molecule has 0 aliphatic heterocycles. The van der Waals surface area contributed by atoms with Gasteiger partial charge in [0.05, 0.1) is 0 Å². The normalized spacial score (nSPS) is 22.9. The molecule has 10 nitrogen and oxygen atoms in total. The standard InChI is InChI=1S/C6H14N2.2HNO3/c7-5-3-1-2-4-6(5)8;2*2-1(3)4/h5-6H,1-4,7-8H2;2*(H,2,3,4)/t5-,6-;;/m0../s1. The van der Waals surface area contributed by atoms with Gasteiger partial charge in [0.15, 0.2) is 0 Å². The van der Waals surface area contributed by atoms with E-state index in [0.29, 0.717) is 0 Å². The van der Waals surface area contributed by atoms with Crippen LogP contribution in [0.3, 0.4) is 0 Å². The first-order valence-corrected chi connectivity index (χ1v) is 4.45. The Morgan fingerprint density at radius 3 is 1.25 bits per heavy atom. The average molecular weight is 240 g/mol. The molecule has 16 heavy (non-hydrogen) atoms. The number of hydrogen-bond donors (Lipinski definition) is 4. The van der Waals surface area contributed by atoms with Crippen LogP contribution >= 0.6 is 0 Å². The van der Waals surface area contributed by atoms with E-state index >= 15 is 0 Å². The minimum atomic E-state index is -1.50. The van der Waals surface area contributed by atoms with Crippen LogP contribution in [0.2, 0.25) is 0 Å². The highest BCUT2D eigenvalue weighted by atomic mass is 16.9. The molecule has 1 aliphatic carbocycles. The predicted molar refractivity (Wildman–Crippen MR) is 52.0 cm³/mol. The number of nitrogens with two attached hydrogens (primary N) is 2. The molecule has 0 aromatic carbocycles. The lowest BCUT2D eigenvalue weighted by Gasteiger charge is -2.24. The third-order valence-corrected chi connectivity index (χ3v) is 1.87. The third-order valence-electron chi connectivity index (χ3n) is 1.87. The van der Waals surface area contributed by atoms with Crippen molar-refractivity contribution in [2.24, 2.45) is 11.5 Å². The summed E-state index contributed by atoms with van der Waals surface area (Å²) in [6.45, 7) is 0. The van der Waals surface area contributed by atoms with Gasteiger partial charge in [-0.05, 0) is 12.8 Å². The Kier molecular flexibility index (Phi) is 10.3. The summed E-state index contributed by atoms with van der Waals surface area (Å²) in [6.07, 6.45) is 4.80.